The lowest BCUT2D eigenvalue weighted by molar-refractivity contribution is 0.387. The molecule has 1 aromatic rings. The van der Waals surface area contributed by atoms with Crippen molar-refractivity contribution in [2.24, 2.45) is 11.7 Å². The second-order valence-corrected chi connectivity index (χ2v) is 4.72. The van der Waals surface area contributed by atoms with Crippen LogP contribution in [0.4, 0.5) is 0 Å². The van der Waals surface area contributed by atoms with E-state index in [0.717, 1.165) is 18.7 Å². The van der Waals surface area contributed by atoms with Crippen molar-refractivity contribution in [1.82, 2.24) is 10.3 Å². The van der Waals surface area contributed by atoms with Gasteiger partial charge in [0.05, 0.1) is 11.4 Å². The maximum absolute atomic E-state index is 5.57. The van der Waals surface area contributed by atoms with Crippen molar-refractivity contribution in [3.8, 4) is 0 Å². The summed E-state index contributed by atoms with van der Waals surface area (Å²) in [5.74, 6) is 0.649. The van der Waals surface area contributed by atoms with Gasteiger partial charge in [0, 0.05) is 18.8 Å². The Kier molecular flexibility index (Phi) is 5.16. The van der Waals surface area contributed by atoms with E-state index in [1.807, 2.05) is 18.3 Å². The summed E-state index contributed by atoms with van der Waals surface area (Å²) in [5.41, 5.74) is 8.02. The Morgan fingerprint density at radius 3 is 2.59 bits per heavy atom. The lowest BCUT2D eigenvalue weighted by Crippen LogP contribution is -2.32. The first-order valence-corrected chi connectivity index (χ1v) is 6.17. The number of rotatable bonds is 6. The Labute approximate surface area is 104 Å². The van der Waals surface area contributed by atoms with Gasteiger partial charge in [-0.15, -0.1) is 0 Å². The van der Waals surface area contributed by atoms with Crippen molar-refractivity contribution in [3.63, 3.8) is 0 Å². The predicted octanol–water partition coefficient (Wildman–Crippen LogP) is 2.54. The fourth-order valence-corrected chi connectivity index (χ4v) is 1.82. The van der Waals surface area contributed by atoms with Crippen LogP contribution in [-0.2, 0) is 6.54 Å². The smallest absolute Gasteiger partial charge is 0.0852 e. The molecule has 0 fully saturated rings. The molecule has 0 aliphatic carbocycles. The molecular formula is C14H23N3. The van der Waals surface area contributed by atoms with Gasteiger partial charge in [-0.25, -0.2) is 0 Å². The zero-order valence-corrected chi connectivity index (χ0v) is 11.0. The highest BCUT2D eigenvalue weighted by Crippen LogP contribution is 2.08. The van der Waals surface area contributed by atoms with Crippen LogP contribution in [0.1, 0.15) is 38.4 Å². The Morgan fingerprint density at radius 1 is 1.47 bits per heavy atom. The minimum atomic E-state index is 0.512. The van der Waals surface area contributed by atoms with Gasteiger partial charge in [0.1, 0.15) is 0 Å². The summed E-state index contributed by atoms with van der Waals surface area (Å²) < 4.78 is 0. The SMILES string of the molecule is C=C(N)c1ccc(CNC(CC)C(C)C)cn1. The normalized spacial score (nSPS) is 12.7. The molecule has 0 spiro atoms. The van der Waals surface area contributed by atoms with Crippen molar-refractivity contribution in [2.75, 3.05) is 0 Å². The number of nitrogens with zero attached hydrogens (tertiary/aromatic N) is 1. The standard InChI is InChI=1S/C14H23N3/c1-5-13(10(2)3)16-8-12-6-7-14(11(4)15)17-9-12/h6-7,9-10,13,16H,4-5,8,15H2,1-3H3. The molecule has 1 aromatic heterocycles. The van der Waals surface area contributed by atoms with Gasteiger partial charge in [0.25, 0.3) is 0 Å². The molecule has 17 heavy (non-hydrogen) atoms. The molecule has 0 aliphatic rings. The topological polar surface area (TPSA) is 50.9 Å². The summed E-state index contributed by atoms with van der Waals surface area (Å²) in [6.45, 7) is 11.2. The lowest BCUT2D eigenvalue weighted by atomic mass is 10.0. The van der Waals surface area contributed by atoms with E-state index in [4.69, 9.17) is 5.73 Å². The molecule has 0 saturated carbocycles. The van der Waals surface area contributed by atoms with Crippen LogP contribution < -0.4 is 11.1 Å². The summed E-state index contributed by atoms with van der Waals surface area (Å²) in [5, 5.41) is 3.54. The third kappa shape index (κ3) is 4.19. The molecule has 0 aromatic carbocycles. The number of hydrogen-bond donors (Lipinski definition) is 2. The first kappa shape index (κ1) is 13.7. The van der Waals surface area contributed by atoms with Crippen molar-refractivity contribution in [2.45, 2.75) is 39.8 Å². The molecule has 3 heteroatoms. The number of nitrogens with one attached hydrogen (secondary N) is 1. The average Bonchev–Trinajstić information content (AvgIpc) is 2.30. The second kappa shape index (κ2) is 6.40. The van der Waals surface area contributed by atoms with Gasteiger partial charge in [-0.2, -0.15) is 0 Å². The van der Waals surface area contributed by atoms with E-state index in [1.165, 1.54) is 5.56 Å². The quantitative estimate of drug-likeness (QED) is 0.794. The molecule has 3 N–H and O–H groups in total. The van der Waals surface area contributed by atoms with E-state index >= 15 is 0 Å². The van der Waals surface area contributed by atoms with Crippen molar-refractivity contribution < 1.29 is 0 Å². The van der Waals surface area contributed by atoms with Crippen LogP contribution in [0.15, 0.2) is 24.9 Å². The molecule has 94 valence electrons. The Bertz CT molecular complexity index is 354. The molecule has 1 unspecified atom stereocenters. The van der Waals surface area contributed by atoms with Crippen LogP contribution in [0.2, 0.25) is 0 Å². The molecule has 1 heterocycles. The van der Waals surface area contributed by atoms with Gasteiger partial charge in [-0.1, -0.05) is 33.4 Å². The first-order valence-electron chi connectivity index (χ1n) is 6.17. The van der Waals surface area contributed by atoms with Crippen molar-refractivity contribution >= 4 is 5.70 Å². The minimum Gasteiger partial charge on any atom is -0.397 e. The highest BCUT2D eigenvalue weighted by Gasteiger charge is 2.09. The molecular weight excluding hydrogens is 210 g/mol. The van der Waals surface area contributed by atoms with Crippen LogP contribution in [-0.4, -0.2) is 11.0 Å². The van der Waals surface area contributed by atoms with Gasteiger partial charge in [0.15, 0.2) is 0 Å². The Hall–Kier alpha value is -1.35. The molecule has 0 radical (unpaired) electrons. The Morgan fingerprint density at radius 2 is 2.18 bits per heavy atom. The monoisotopic (exact) mass is 233 g/mol. The van der Waals surface area contributed by atoms with Crippen molar-refractivity contribution in [1.29, 1.82) is 0 Å². The summed E-state index contributed by atoms with van der Waals surface area (Å²) in [6, 6.07) is 4.51. The first-order chi connectivity index (χ1) is 8.04. The zero-order chi connectivity index (χ0) is 12.8. The fourth-order valence-electron chi connectivity index (χ4n) is 1.82. The zero-order valence-electron chi connectivity index (χ0n) is 11.0. The highest BCUT2D eigenvalue weighted by atomic mass is 14.9. The molecule has 1 rings (SSSR count). The van der Waals surface area contributed by atoms with E-state index in [9.17, 15) is 0 Å². The van der Waals surface area contributed by atoms with Gasteiger partial charge in [-0.05, 0) is 24.0 Å². The number of nitrogens with two attached hydrogens (primary N) is 1. The van der Waals surface area contributed by atoms with E-state index < -0.39 is 0 Å². The third-order valence-corrected chi connectivity index (χ3v) is 2.97. The van der Waals surface area contributed by atoms with Gasteiger partial charge >= 0.3 is 0 Å². The minimum absolute atomic E-state index is 0.512. The maximum Gasteiger partial charge on any atom is 0.0852 e. The molecule has 0 bridgehead atoms. The van der Waals surface area contributed by atoms with E-state index in [-0.39, 0.29) is 0 Å². The molecule has 0 saturated heterocycles. The average molecular weight is 233 g/mol. The number of hydrogen-bond acceptors (Lipinski definition) is 3. The molecule has 1 atom stereocenters. The molecule has 0 aliphatic heterocycles. The summed E-state index contributed by atoms with van der Waals surface area (Å²) in [7, 11) is 0. The highest BCUT2D eigenvalue weighted by molar-refractivity contribution is 5.56. The van der Waals surface area contributed by atoms with Gasteiger partial charge in [0.2, 0.25) is 0 Å². The fraction of sp³-hybridized carbons (Fsp3) is 0.500. The summed E-state index contributed by atoms with van der Waals surface area (Å²) >= 11 is 0. The van der Waals surface area contributed by atoms with Gasteiger partial charge < -0.3 is 11.1 Å². The van der Waals surface area contributed by atoms with Crippen LogP contribution in [0, 0.1) is 5.92 Å². The van der Waals surface area contributed by atoms with E-state index in [2.05, 4.69) is 37.7 Å². The van der Waals surface area contributed by atoms with Gasteiger partial charge in [-0.3, -0.25) is 4.98 Å². The van der Waals surface area contributed by atoms with E-state index in [1.54, 1.807) is 0 Å². The van der Waals surface area contributed by atoms with Crippen LogP contribution in [0.25, 0.3) is 5.70 Å². The van der Waals surface area contributed by atoms with Crippen LogP contribution in [0.5, 0.6) is 0 Å². The van der Waals surface area contributed by atoms with Crippen LogP contribution >= 0.6 is 0 Å². The third-order valence-electron chi connectivity index (χ3n) is 2.97. The largest absolute Gasteiger partial charge is 0.397 e. The maximum atomic E-state index is 5.57. The summed E-state index contributed by atoms with van der Waals surface area (Å²) in [6.07, 6.45) is 3.00. The predicted molar refractivity (Wildman–Crippen MR) is 73.2 cm³/mol. The lowest BCUT2D eigenvalue weighted by Gasteiger charge is -2.20. The number of pyridine rings is 1. The molecule has 0 amide bonds. The Balaban J connectivity index is 2.55. The summed E-state index contributed by atoms with van der Waals surface area (Å²) in [4.78, 5) is 4.26. The van der Waals surface area contributed by atoms with Crippen LogP contribution in [0.3, 0.4) is 0 Å². The van der Waals surface area contributed by atoms with E-state index in [0.29, 0.717) is 17.7 Å². The molecule has 3 nitrogen and oxygen atoms in total. The number of aromatic nitrogens is 1. The second-order valence-electron chi connectivity index (χ2n) is 4.72. The van der Waals surface area contributed by atoms with Crippen molar-refractivity contribution in [3.05, 3.63) is 36.2 Å².